The molecule has 0 saturated heterocycles. The molecule has 22 heavy (non-hydrogen) atoms. The molecule has 0 fully saturated rings. The van der Waals surface area contributed by atoms with Crippen molar-refractivity contribution in [2.75, 3.05) is 0 Å². The van der Waals surface area contributed by atoms with Crippen LogP contribution in [0.15, 0.2) is 57.5 Å². The summed E-state index contributed by atoms with van der Waals surface area (Å²) in [5, 5.41) is 0. The van der Waals surface area contributed by atoms with E-state index in [1.807, 2.05) is 48.5 Å². The molecular formula is C19H20Br2O. The number of benzene rings is 2. The summed E-state index contributed by atoms with van der Waals surface area (Å²) >= 11 is 7.17. The van der Waals surface area contributed by atoms with Crippen LogP contribution in [-0.2, 0) is 4.79 Å². The number of carbonyl (C=O) groups excluding carboxylic acids is 1. The molecule has 2 unspecified atom stereocenters. The Bertz CT molecular complexity index is 596. The monoisotopic (exact) mass is 422 g/mol. The van der Waals surface area contributed by atoms with Crippen molar-refractivity contribution in [3.63, 3.8) is 0 Å². The molecule has 0 radical (unpaired) electrons. The summed E-state index contributed by atoms with van der Waals surface area (Å²) in [5.74, 6) is 0.143. The van der Waals surface area contributed by atoms with Crippen LogP contribution in [0.2, 0.25) is 0 Å². The highest BCUT2D eigenvalue weighted by Crippen LogP contribution is 2.36. The van der Waals surface area contributed by atoms with Gasteiger partial charge in [-0.2, -0.15) is 0 Å². The lowest BCUT2D eigenvalue weighted by Crippen LogP contribution is -2.20. The summed E-state index contributed by atoms with van der Waals surface area (Å²) in [6, 6.07) is 16.1. The van der Waals surface area contributed by atoms with Gasteiger partial charge in [0.1, 0.15) is 5.78 Å². The van der Waals surface area contributed by atoms with Crippen LogP contribution < -0.4 is 0 Å². The molecule has 0 N–H and O–H groups in total. The van der Waals surface area contributed by atoms with E-state index in [9.17, 15) is 4.79 Å². The van der Waals surface area contributed by atoms with Gasteiger partial charge >= 0.3 is 0 Å². The van der Waals surface area contributed by atoms with Crippen LogP contribution in [0, 0.1) is 0 Å². The van der Waals surface area contributed by atoms with Crippen LogP contribution in [-0.4, -0.2) is 5.78 Å². The fourth-order valence-corrected chi connectivity index (χ4v) is 4.03. The molecule has 116 valence electrons. The number of carbonyl (C=O) groups is 1. The van der Waals surface area contributed by atoms with Gasteiger partial charge in [-0.05, 0) is 36.1 Å². The third-order valence-electron chi connectivity index (χ3n) is 4.06. The Balaban J connectivity index is 2.39. The maximum absolute atomic E-state index is 13.2. The lowest BCUT2D eigenvalue weighted by atomic mass is 9.81. The van der Waals surface area contributed by atoms with Gasteiger partial charge in [-0.3, -0.25) is 4.79 Å². The Labute approximate surface area is 149 Å². The molecular weight excluding hydrogens is 404 g/mol. The minimum Gasteiger partial charge on any atom is -0.298 e. The minimum atomic E-state index is -0.0763. The fraction of sp³-hybridized carbons (Fsp3) is 0.316. The van der Waals surface area contributed by atoms with Crippen molar-refractivity contribution in [2.24, 2.45) is 0 Å². The first kappa shape index (κ1) is 17.4. The minimum absolute atomic E-state index is 0.0763. The third-order valence-corrected chi connectivity index (χ3v) is 5.51. The number of Topliss-reactive ketones (excluding diaryl/α,β-unsaturated/α-hetero) is 1. The lowest BCUT2D eigenvalue weighted by molar-refractivity contribution is -0.122. The van der Waals surface area contributed by atoms with Crippen molar-refractivity contribution in [3.05, 3.63) is 68.6 Å². The fourth-order valence-electron chi connectivity index (χ4n) is 2.91. The first-order valence-electron chi connectivity index (χ1n) is 7.62. The van der Waals surface area contributed by atoms with Gasteiger partial charge in [0, 0.05) is 20.8 Å². The second kappa shape index (κ2) is 8.07. The molecule has 2 rings (SSSR count). The molecule has 2 atom stereocenters. The summed E-state index contributed by atoms with van der Waals surface area (Å²) in [5.41, 5.74) is 2.17. The van der Waals surface area contributed by atoms with Gasteiger partial charge in [0.25, 0.3) is 0 Å². The Morgan fingerprint density at radius 3 is 1.50 bits per heavy atom. The van der Waals surface area contributed by atoms with Gasteiger partial charge in [-0.15, -0.1) is 0 Å². The highest BCUT2D eigenvalue weighted by atomic mass is 79.9. The molecule has 0 heterocycles. The average molecular weight is 424 g/mol. The Morgan fingerprint density at radius 2 is 1.18 bits per heavy atom. The normalized spacial score (nSPS) is 13.6. The van der Waals surface area contributed by atoms with Gasteiger partial charge in [0.05, 0.1) is 0 Å². The number of halogens is 2. The van der Waals surface area contributed by atoms with Gasteiger partial charge in [0.15, 0.2) is 0 Å². The van der Waals surface area contributed by atoms with E-state index < -0.39 is 0 Å². The Hall–Kier alpha value is -0.930. The third kappa shape index (κ3) is 3.69. The summed E-state index contributed by atoms with van der Waals surface area (Å²) in [6.45, 7) is 4.16. The van der Waals surface area contributed by atoms with Crippen LogP contribution in [0.3, 0.4) is 0 Å². The van der Waals surface area contributed by atoms with E-state index in [4.69, 9.17) is 0 Å². The van der Waals surface area contributed by atoms with E-state index in [-0.39, 0.29) is 11.8 Å². The zero-order chi connectivity index (χ0) is 16.1. The first-order valence-corrected chi connectivity index (χ1v) is 9.21. The number of hydrogen-bond acceptors (Lipinski definition) is 1. The maximum atomic E-state index is 13.2. The van der Waals surface area contributed by atoms with Crippen LogP contribution in [0.25, 0.3) is 0 Å². The number of rotatable bonds is 6. The van der Waals surface area contributed by atoms with Crippen molar-refractivity contribution in [2.45, 2.75) is 38.5 Å². The highest BCUT2D eigenvalue weighted by Gasteiger charge is 2.29. The molecule has 2 aromatic carbocycles. The zero-order valence-corrected chi connectivity index (χ0v) is 16.0. The van der Waals surface area contributed by atoms with Gasteiger partial charge in [-0.1, -0.05) is 82.1 Å². The van der Waals surface area contributed by atoms with Crippen LogP contribution in [0.5, 0.6) is 0 Å². The second-order valence-corrected chi connectivity index (χ2v) is 7.08. The quantitative estimate of drug-likeness (QED) is 0.520. The van der Waals surface area contributed by atoms with E-state index in [0.717, 1.165) is 32.9 Å². The standard InChI is InChI=1S/C19H20Br2O/c1-3-13(15-9-5-7-11-17(15)20)19(22)14(4-2)16-10-6-8-12-18(16)21/h5-14H,3-4H2,1-2H3. The molecule has 0 aliphatic heterocycles. The van der Waals surface area contributed by atoms with Crippen LogP contribution in [0.1, 0.15) is 49.7 Å². The van der Waals surface area contributed by atoms with E-state index in [2.05, 4.69) is 45.7 Å². The predicted octanol–water partition coefficient (Wildman–Crippen LogP) is 6.47. The van der Waals surface area contributed by atoms with Gasteiger partial charge in [-0.25, -0.2) is 0 Å². The van der Waals surface area contributed by atoms with Crippen molar-refractivity contribution < 1.29 is 4.79 Å². The van der Waals surface area contributed by atoms with E-state index in [1.54, 1.807) is 0 Å². The molecule has 2 aromatic rings. The average Bonchev–Trinajstić information content (AvgIpc) is 2.52. The van der Waals surface area contributed by atoms with E-state index in [0.29, 0.717) is 5.78 Å². The Morgan fingerprint density at radius 1 is 0.818 bits per heavy atom. The van der Waals surface area contributed by atoms with Gasteiger partial charge in [0.2, 0.25) is 0 Å². The molecule has 0 aromatic heterocycles. The van der Waals surface area contributed by atoms with Crippen molar-refractivity contribution in [1.29, 1.82) is 0 Å². The smallest absolute Gasteiger partial charge is 0.147 e. The molecule has 3 heteroatoms. The maximum Gasteiger partial charge on any atom is 0.147 e. The SMILES string of the molecule is CCC(C(=O)C(CC)c1ccccc1Br)c1ccccc1Br. The van der Waals surface area contributed by atoms with E-state index >= 15 is 0 Å². The predicted molar refractivity (Wildman–Crippen MR) is 99.4 cm³/mol. The van der Waals surface area contributed by atoms with Crippen molar-refractivity contribution in [3.8, 4) is 0 Å². The highest BCUT2D eigenvalue weighted by molar-refractivity contribution is 9.10. The number of hydrogen-bond donors (Lipinski definition) is 0. The molecule has 0 amide bonds. The molecule has 0 aliphatic carbocycles. The topological polar surface area (TPSA) is 17.1 Å². The van der Waals surface area contributed by atoms with Gasteiger partial charge < -0.3 is 0 Å². The summed E-state index contributed by atoms with van der Waals surface area (Å²) in [7, 11) is 0. The zero-order valence-electron chi connectivity index (χ0n) is 12.9. The molecule has 1 nitrogen and oxygen atoms in total. The van der Waals surface area contributed by atoms with E-state index in [1.165, 1.54) is 0 Å². The Kier molecular flexibility index (Phi) is 6.39. The second-order valence-electron chi connectivity index (χ2n) is 5.37. The molecule has 0 aliphatic rings. The summed E-state index contributed by atoms with van der Waals surface area (Å²) in [4.78, 5) is 13.2. The number of ketones is 1. The van der Waals surface area contributed by atoms with Crippen molar-refractivity contribution >= 4 is 37.6 Å². The first-order chi connectivity index (χ1) is 10.6. The summed E-state index contributed by atoms with van der Waals surface area (Å²) < 4.78 is 2.02. The molecule has 0 saturated carbocycles. The van der Waals surface area contributed by atoms with Crippen LogP contribution in [0.4, 0.5) is 0 Å². The molecule has 0 spiro atoms. The molecule has 0 bridgehead atoms. The largest absolute Gasteiger partial charge is 0.298 e. The van der Waals surface area contributed by atoms with Crippen LogP contribution >= 0.6 is 31.9 Å². The lowest BCUT2D eigenvalue weighted by Gasteiger charge is -2.23. The van der Waals surface area contributed by atoms with Crippen molar-refractivity contribution in [1.82, 2.24) is 0 Å². The summed E-state index contributed by atoms with van der Waals surface area (Å²) in [6.07, 6.45) is 1.62.